The van der Waals surface area contributed by atoms with Crippen LogP contribution in [-0.4, -0.2) is 16.9 Å². The van der Waals surface area contributed by atoms with Gasteiger partial charge in [-0.25, -0.2) is 0 Å². The molecule has 2 heterocycles. The molecule has 0 spiro atoms. The monoisotopic (exact) mass is 405 g/mol. The number of hydrogen-bond donors (Lipinski definition) is 0. The molecule has 0 aromatic carbocycles. The molecule has 0 N–H and O–H groups in total. The van der Waals surface area contributed by atoms with E-state index in [0.29, 0.717) is 6.20 Å². The predicted molar refractivity (Wildman–Crippen MR) is 74.5 cm³/mol. The molecular weight excluding hydrogens is 396 g/mol. The number of carbonyl (C=O) groups is 2. The van der Waals surface area contributed by atoms with Crippen molar-refractivity contribution in [2.75, 3.05) is 0 Å². The van der Waals surface area contributed by atoms with Crippen LogP contribution in [0.15, 0.2) is 47.8 Å². The van der Waals surface area contributed by atoms with Gasteiger partial charge in [0.05, 0.1) is 16.9 Å². The number of nitro groups is 1. The van der Waals surface area contributed by atoms with Crippen molar-refractivity contribution in [3.05, 3.63) is 67.7 Å². The van der Waals surface area contributed by atoms with Gasteiger partial charge in [-0.2, -0.15) is 0 Å². The third-order valence-electron chi connectivity index (χ3n) is 1.59. The van der Waals surface area contributed by atoms with Crippen LogP contribution >= 0.6 is 22.7 Å². The minimum absolute atomic E-state index is 0. The molecule has 0 bridgehead atoms. The van der Waals surface area contributed by atoms with Gasteiger partial charge in [0.1, 0.15) is 0 Å². The average molecular weight is 406 g/mol. The molecule has 7 nitrogen and oxygen atoms in total. The predicted octanol–water partition coefficient (Wildman–Crippen LogP) is -5.36. The van der Waals surface area contributed by atoms with Gasteiger partial charge in [0.15, 0.2) is 0 Å². The van der Waals surface area contributed by atoms with Crippen molar-refractivity contribution in [1.29, 1.82) is 0 Å². The van der Waals surface area contributed by atoms with Gasteiger partial charge in [0.2, 0.25) is 6.20 Å². The van der Waals surface area contributed by atoms with Crippen LogP contribution in [0.25, 0.3) is 0 Å². The number of aromatic carboxylic acids is 2. The van der Waals surface area contributed by atoms with Crippen molar-refractivity contribution in [3.63, 3.8) is 0 Å². The Balaban J connectivity index is -0.000000258. The standard InChI is InChI=1S/2C5H4O2S.C2H3NO2.2K/c2*6-5(7)4-2-1-3-8-4;1-2-3(4)5;;/h2*1-3H,(H,6,7);2H,1H2;;/q;;;2*+1/p-2. The van der Waals surface area contributed by atoms with Crippen molar-refractivity contribution in [3.8, 4) is 0 Å². The molecule has 0 fully saturated rings. The molecular formula is C12H9K2NO6S2. The summed E-state index contributed by atoms with van der Waals surface area (Å²) in [6.07, 6.45) is 0.639. The van der Waals surface area contributed by atoms with Crippen molar-refractivity contribution < 1.29 is 127 Å². The smallest absolute Gasteiger partial charge is 0.544 e. The Bertz CT molecular complexity index is 542. The number of hydrogen-bond acceptors (Lipinski definition) is 8. The van der Waals surface area contributed by atoms with Gasteiger partial charge in [-0.15, -0.1) is 22.7 Å². The van der Waals surface area contributed by atoms with E-state index in [0.717, 1.165) is 0 Å². The SMILES string of the molecule is C=C[N+](=O)[O-].O=C([O-])c1cccs1.O=C([O-])c1cccs1.[K+].[K+]. The van der Waals surface area contributed by atoms with Gasteiger partial charge < -0.3 is 19.8 Å². The van der Waals surface area contributed by atoms with Crippen LogP contribution in [0.2, 0.25) is 0 Å². The van der Waals surface area contributed by atoms with Crippen molar-refractivity contribution in [2.24, 2.45) is 0 Å². The first-order valence-corrected chi connectivity index (χ1v) is 6.90. The maximum absolute atomic E-state index is 9.96. The van der Waals surface area contributed by atoms with E-state index in [4.69, 9.17) is 10.1 Å². The first kappa shape index (κ1) is 28.6. The largest absolute Gasteiger partial charge is 1.00 e. The zero-order valence-corrected chi connectivity index (χ0v) is 20.3. The van der Waals surface area contributed by atoms with E-state index in [1.54, 1.807) is 22.9 Å². The molecule has 0 saturated carbocycles. The Morgan fingerprint density at radius 2 is 1.30 bits per heavy atom. The van der Waals surface area contributed by atoms with E-state index in [2.05, 4.69) is 6.58 Å². The van der Waals surface area contributed by atoms with Gasteiger partial charge in [-0.05, 0) is 29.5 Å². The van der Waals surface area contributed by atoms with Crippen LogP contribution in [0.4, 0.5) is 0 Å². The second kappa shape index (κ2) is 17.6. The number of thiophene rings is 2. The Morgan fingerprint density at radius 1 is 1.00 bits per heavy atom. The maximum Gasteiger partial charge on any atom is 1.00 e. The summed E-state index contributed by atoms with van der Waals surface area (Å²) in [6, 6.07) is 6.38. The number of nitrogens with zero attached hydrogens (tertiary/aromatic N) is 1. The van der Waals surface area contributed by atoms with Crippen molar-refractivity contribution >= 4 is 34.6 Å². The molecule has 23 heavy (non-hydrogen) atoms. The summed E-state index contributed by atoms with van der Waals surface area (Å²) in [7, 11) is 0. The van der Waals surface area contributed by atoms with Gasteiger partial charge in [0, 0.05) is 9.75 Å². The van der Waals surface area contributed by atoms with E-state index in [1.165, 1.54) is 34.8 Å². The summed E-state index contributed by atoms with van der Waals surface area (Å²) in [5, 5.41) is 32.4. The topological polar surface area (TPSA) is 123 Å². The zero-order chi connectivity index (χ0) is 16.3. The quantitative estimate of drug-likeness (QED) is 0.285. The Labute approximate surface area is 225 Å². The molecule has 0 aliphatic carbocycles. The second-order valence-corrected chi connectivity index (χ2v) is 4.89. The van der Waals surface area contributed by atoms with Gasteiger partial charge >= 0.3 is 103 Å². The van der Waals surface area contributed by atoms with E-state index in [1.807, 2.05) is 0 Å². The first-order chi connectivity index (χ1) is 9.88. The number of carboxylic acid groups (broad SMARTS) is 2. The summed E-state index contributed by atoms with van der Waals surface area (Å²) in [6.45, 7) is 2.86. The molecule has 0 radical (unpaired) electrons. The minimum Gasteiger partial charge on any atom is -0.544 e. The van der Waals surface area contributed by atoms with E-state index < -0.39 is 16.9 Å². The van der Waals surface area contributed by atoms with Gasteiger partial charge in [-0.1, -0.05) is 12.1 Å². The first-order valence-electron chi connectivity index (χ1n) is 5.14. The van der Waals surface area contributed by atoms with Gasteiger partial charge in [-0.3, -0.25) is 10.1 Å². The summed E-state index contributed by atoms with van der Waals surface area (Å²) in [4.78, 5) is 28.9. The third kappa shape index (κ3) is 16.0. The Kier molecular flexibility index (Phi) is 21.8. The molecule has 0 atom stereocenters. The molecule has 0 unspecified atom stereocenters. The third-order valence-corrected chi connectivity index (χ3v) is 3.29. The minimum atomic E-state index is -1.10. The average Bonchev–Trinajstić information content (AvgIpc) is 3.13. The second-order valence-electron chi connectivity index (χ2n) is 3.00. The van der Waals surface area contributed by atoms with Crippen LogP contribution < -0.4 is 113 Å². The fourth-order valence-corrected chi connectivity index (χ4v) is 1.90. The fourth-order valence-electron chi connectivity index (χ4n) is 0.789. The summed E-state index contributed by atoms with van der Waals surface area (Å²) >= 11 is 2.34. The van der Waals surface area contributed by atoms with Crippen LogP contribution in [0.5, 0.6) is 0 Å². The molecule has 2 rings (SSSR count). The van der Waals surface area contributed by atoms with Crippen LogP contribution in [0.1, 0.15) is 19.3 Å². The molecule has 11 heteroatoms. The molecule has 0 aliphatic heterocycles. The van der Waals surface area contributed by atoms with Crippen LogP contribution in [0, 0.1) is 10.1 Å². The Hall–Kier alpha value is 0.753. The zero-order valence-electron chi connectivity index (χ0n) is 12.5. The molecule has 0 saturated heterocycles. The molecule has 112 valence electrons. The fraction of sp³-hybridized carbons (Fsp3) is 0. The normalized spacial score (nSPS) is 7.65. The van der Waals surface area contributed by atoms with E-state index in [9.17, 15) is 19.8 Å². The van der Waals surface area contributed by atoms with E-state index in [-0.39, 0.29) is 113 Å². The maximum atomic E-state index is 9.96. The van der Waals surface area contributed by atoms with E-state index >= 15 is 0 Å². The summed E-state index contributed by atoms with van der Waals surface area (Å²) in [5.74, 6) is -2.19. The summed E-state index contributed by atoms with van der Waals surface area (Å²) in [5.41, 5.74) is 0. The molecule has 2 aromatic heterocycles. The number of carboxylic acids is 2. The van der Waals surface area contributed by atoms with Crippen LogP contribution in [0.3, 0.4) is 0 Å². The van der Waals surface area contributed by atoms with Crippen molar-refractivity contribution in [1.82, 2.24) is 0 Å². The van der Waals surface area contributed by atoms with Crippen LogP contribution in [-0.2, 0) is 0 Å². The van der Waals surface area contributed by atoms with Crippen molar-refractivity contribution in [2.45, 2.75) is 0 Å². The summed E-state index contributed by atoms with van der Waals surface area (Å²) < 4.78 is 0. The number of rotatable bonds is 3. The molecule has 2 aromatic rings. The van der Waals surface area contributed by atoms with Gasteiger partial charge in [0.25, 0.3) is 0 Å². The Morgan fingerprint density at radius 3 is 1.39 bits per heavy atom. The number of carbonyl (C=O) groups excluding carboxylic acids is 2. The molecule has 0 amide bonds. The molecule has 0 aliphatic rings.